The normalized spacial score (nSPS) is 23.0. The van der Waals surface area contributed by atoms with Crippen molar-refractivity contribution in [1.29, 1.82) is 0 Å². The fourth-order valence-corrected chi connectivity index (χ4v) is 3.48. The fraction of sp³-hybridized carbons (Fsp3) is 0.611. The molecule has 2 aliphatic rings. The van der Waals surface area contributed by atoms with Gasteiger partial charge in [-0.3, -0.25) is 9.69 Å². The predicted octanol–water partition coefficient (Wildman–Crippen LogP) is 2.12. The van der Waals surface area contributed by atoms with Crippen molar-refractivity contribution >= 4 is 5.91 Å². The molecule has 0 spiro atoms. The van der Waals surface area contributed by atoms with Crippen LogP contribution in [0.1, 0.15) is 37.3 Å². The Balaban J connectivity index is 1.54. The zero-order valence-corrected chi connectivity index (χ0v) is 13.4. The molecule has 0 unspecified atom stereocenters. The Morgan fingerprint density at radius 2 is 2.23 bits per heavy atom. The maximum Gasteiger partial charge on any atom is 0.249 e. The van der Waals surface area contributed by atoms with Gasteiger partial charge >= 0.3 is 0 Å². The van der Waals surface area contributed by atoms with Gasteiger partial charge in [0.15, 0.2) is 0 Å². The van der Waals surface area contributed by atoms with Crippen LogP contribution in [-0.2, 0) is 22.5 Å². The highest BCUT2D eigenvalue weighted by molar-refractivity contribution is 5.80. The molecule has 1 aromatic rings. The number of rotatable bonds is 5. The Bertz CT molecular complexity index is 512. The van der Waals surface area contributed by atoms with Crippen LogP contribution < -0.4 is 5.32 Å². The molecular formula is C18H26N2O2. The van der Waals surface area contributed by atoms with Crippen LogP contribution in [0.5, 0.6) is 0 Å². The first kappa shape index (κ1) is 15.5. The van der Waals surface area contributed by atoms with Crippen LogP contribution in [0.4, 0.5) is 0 Å². The third kappa shape index (κ3) is 3.50. The summed E-state index contributed by atoms with van der Waals surface area (Å²) in [5, 5.41) is 3.09. The van der Waals surface area contributed by atoms with Crippen molar-refractivity contribution in [2.45, 2.75) is 51.3 Å². The van der Waals surface area contributed by atoms with Crippen molar-refractivity contribution in [1.82, 2.24) is 10.2 Å². The monoisotopic (exact) mass is 302 g/mol. The van der Waals surface area contributed by atoms with Gasteiger partial charge < -0.3 is 10.1 Å². The van der Waals surface area contributed by atoms with Gasteiger partial charge in [-0.05, 0) is 36.8 Å². The van der Waals surface area contributed by atoms with Crippen LogP contribution in [0.3, 0.4) is 0 Å². The summed E-state index contributed by atoms with van der Waals surface area (Å²) in [6, 6.07) is 9.08. The van der Waals surface area contributed by atoms with Crippen molar-refractivity contribution < 1.29 is 9.53 Å². The lowest BCUT2D eigenvalue weighted by molar-refractivity contribution is -0.130. The standard InChI is InChI=1S/C18H26N2O2/c1-2-16(12-19-18(21)17-8-5-11-22-17)20-10-9-14-6-3-4-7-15(14)13-20/h3-4,6-7,16-17H,2,5,8-13H2,1H3,(H,19,21)/t16-,17+/m1/s1. The van der Waals surface area contributed by atoms with Crippen molar-refractivity contribution in [2.24, 2.45) is 0 Å². The van der Waals surface area contributed by atoms with Crippen molar-refractivity contribution in [3.05, 3.63) is 35.4 Å². The number of hydrogen-bond acceptors (Lipinski definition) is 3. The molecule has 0 aliphatic carbocycles. The average molecular weight is 302 g/mol. The fourth-order valence-electron chi connectivity index (χ4n) is 3.48. The number of nitrogens with one attached hydrogen (secondary N) is 1. The zero-order chi connectivity index (χ0) is 15.4. The summed E-state index contributed by atoms with van der Waals surface area (Å²) in [6.07, 6.45) is 3.79. The molecular weight excluding hydrogens is 276 g/mol. The van der Waals surface area contributed by atoms with E-state index in [1.165, 1.54) is 11.1 Å². The number of fused-ring (bicyclic) bond motifs is 1. The van der Waals surface area contributed by atoms with E-state index in [2.05, 4.69) is 41.4 Å². The number of hydrogen-bond donors (Lipinski definition) is 1. The molecule has 120 valence electrons. The van der Waals surface area contributed by atoms with Gasteiger partial charge in [-0.1, -0.05) is 31.2 Å². The lowest BCUT2D eigenvalue weighted by Gasteiger charge is -2.35. The largest absolute Gasteiger partial charge is 0.368 e. The number of nitrogens with zero attached hydrogens (tertiary/aromatic N) is 1. The molecule has 1 fully saturated rings. The van der Waals surface area contributed by atoms with E-state index in [-0.39, 0.29) is 12.0 Å². The average Bonchev–Trinajstić information content (AvgIpc) is 3.09. The summed E-state index contributed by atoms with van der Waals surface area (Å²) >= 11 is 0. The Kier molecular flexibility index (Phi) is 5.11. The smallest absolute Gasteiger partial charge is 0.249 e. The van der Waals surface area contributed by atoms with E-state index in [0.717, 1.165) is 51.9 Å². The zero-order valence-electron chi connectivity index (χ0n) is 13.4. The Morgan fingerprint density at radius 1 is 1.41 bits per heavy atom. The third-order valence-corrected chi connectivity index (χ3v) is 4.88. The van der Waals surface area contributed by atoms with Gasteiger partial charge in [-0.15, -0.1) is 0 Å². The molecule has 1 amide bonds. The molecule has 22 heavy (non-hydrogen) atoms. The quantitative estimate of drug-likeness (QED) is 0.906. The van der Waals surface area contributed by atoms with Gasteiger partial charge in [0.05, 0.1) is 0 Å². The van der Waals surface area contributed by atoms with Crippen molar-refractivity contribution in [3.63, 3.8) is 0 Å². The third-order valence-electron chi connectivity index (χ3n) is 4.88. The molecule has 2 aliphatic heterocycles. The van der Waals surface area contributed by atoms with Crippen LogP contribution in [0, 0.1) is 0 Å². The van der Waals surface area contributed by atoms with E-state index in [1.54, 1.807) is 0 Å². The predicted molar refractivity (Wildman–Crippen MR) is 86.6 cm³/mol. The van der Waals surface area contributed by atoms with Gasteiger partial charge in [-0.2, -0.15) is 0 Å². The summed E-state index contributed by atoms with van der Waals surface area (Å²) in [6.45, 7) is 5.70. The minimum Gasteiger partial charge on any atom is -0.368 e. The van der Waals surface area contributed by atoms with Gasteiger partial charge in [0.2, 0.25) is 5.91 Å². The molecule has 2 atom stereocenters. The van der Waals surface area contributed by atoms with E-state index < -0.39 is 0 Å². The molecule has 0 aromatic heterocycles. The summed E-state index contributed by atoms with van der Waals surface area (Å²) in [5.74, 6) is 0.0633. The van der Waals surface area contributed by atoms with E-state index >= 15 is 0 Å². The minimum atomic E-state index is -0.223. The number of carbonyl (C=O) groups excluding carboxylic acids is 1. The van der Waals surface area contributed by atoms with E-state index in [9.17, 15) is 4.79 Å². The Morgan fingerprint density at radius 3 is 2.95 bits per heavy atom. The molecule has 1 saturated heterocycles. The SMILES string of the molecule is CC[C@H](CNC(=O)[C@@H]1CCCO1)N1CCc2ccccc2C1. The Labute approximate surface area is 132 Å². The topological polar surface area (TPSA) is 41.6 Å². The van der Waals surface area contributed by atoms with Gasteiger partial charge in [0.1, 0.15) is 6.10 Å². The molecule has 0 bridgehead atoms. The van der Waals surface area contributed by atoms with Crippen LogP contribution >= 0.6 is 0 Å². The summed E-state index contributed by atoms with van der Waals surface area (Å²) in [4.78, 5) is 14.6. The summed E-state index contributed by atoms with van der Waals surface area (Å²) in [7, 11) is 0. The number of benzene rings is 1. The molecule has 0 radical (unpaired) electrons. The molecule has 3 rings (SSSR count). The maximum absolute atomic E-state index is 12.1. The second-order valence-electron chi connectivity index (χ2n) is 6.30. The first-order chi connectivity index (χ1) is 10.8. The van der Waals surface area contributed by atoms with Crippen LogP contribution in [0.15, 0.2) is 24.3 Å². The van der Waals surface area contributed by atoms with E-state index in [4.69, 9.17) is 4.74 Å². The Hall–Kier alpha value is -1.39. The summed E-state index contributed by atoms with van der Waals surface area (Å²) < 4.78 is 5.45. The first-order valence-corrected chi connectivity index (χ1v) is 8.48. The maximum atomic E-state index is 12.1. The number of ether oxygens (including phenoxy) is 1. The second-order valence-corrected chi connectivity index (χ2v) is 6.30. The molecule has 4 nitrogen and oxygen atoms in total. The molecule has 1 N–H and O–H groups in total. The summed E-state index contributed by atoms with van der Waals surface area (Å²) in [5.41, 5.74) is 2.90. The van der Waals surface area contributed by atoms with Gasteiger partial charge in [0.25, 0.3) is 0 Å². The van der Waals surface area contributed by atoms with E-state index in [1.807, 2.05) is 0 Å². The van der Waals surface area contributed by atoms with Gasteiger partial charge in [-0.25, -0.2) is 0 Å². The second kappa shape index (κ2) is 7.25. The highest BCUT2D eigenvalue weighted by Gasteiger charge is 2.26. The number of carbonyl (C=O) groups is 1. The lowest BCUT2D eigenvalue weighted by Crippen LogP contribution is -2.47. The van der Waals surface area contributed by atoms with E-state index in [0.29, 0.717) is 6.04 Å². The van der Waals surface area contributed by atoms with Crippen LogP contribution in [-0.4, -0.2) is 42.6 Å². The minimum absolute atomic E-state index is 0.0633. The van der Waals surface area contributed by atoms with Crippen LogP contribution in [0.2, 0.25) is 0 Å². The van der Waals surface area contributed by atoms with Crippen LogP contribution in [0.25, 0.3) is 0 Å². The number of amides is 1. The lowest BCUT2D eigenvalue weighted by atomic mass is 9.98. The molecule has 1 aromatic carbocycles. The molecule has 2 heterocycles. The van der Waals surface area contributed by atoms with Crippen molar-refractivity contribution in [2.75, 3.05) is 19.7 Å². The molecule has 0 saturated carbocycles. The molecule has 4 heteroatoms. The highest BCUT2D eigenvalue weighted by Crippen LogP contribution is 2.21. The van der Waals surface area contributed by atoms with Crippen molar-refractivity contribution in [3.8, 4) is 0 Å². The highest BCUT2D eigenvalue weighted by atomic mass is 16.5. The van der Waals surface area contributed by atoms with Gasteiger partial charge in [0, 0.05) is 32.3 Å². The first-order valence-electron chi connectivity index (χ1n) is 8.48.